The summed E-state index contributed by atoms with van der Waals surface area (Å²) in [6, 6.07) is 6.42. The summed E-state index contributed by atoms with van der Waals surface area (Å²) < 4.78 is 22.1. The van der Waals surface area contributed by atoms with Crippen molar-refractivity contribution in [3.63, 3.8) is 0 Å². The number of nitrogens with one attached hydrogen (secondary N) is 1. The maximum atomic E-state index is 14.7. The molecule has 3 heterocycles. The van der Waals surface area contributed by atoms with Crippen LogP contribution in [0.2, 0.25) is 0 Å². The van der Waals surface area contributed by atoms with Gasteiger partial charge in [0.1, 0.15) is 29.1 Å². The van der Waals surface area contributed by atoms with Gasteiger partial charge < -0.3 is 14.6 Å². The van der Waals surface area contributed by atoms with Gasteiger partial charge in [0.05, 0.1) is 17.2 Å². The maximum Gasteiger partial charge on any atom is 0.272 e. The Hall–Kier alpha value is -3.33. The average molecular weight is 425 g/mol. The predicted molar refractivity (Wildman–Crippen MR) is 114 cm³/mol. The lowest BCUT2D eigenvalue weighted by atomic mass is 10.1. The molecule has 3 aromatic rings. The largest absolute Gasteiger partial charge is 0.486 e. The lowest BCUT2D eigenvalue weighted by molar-refractivity contribution is 0.0137. The van der Waals surface area contributed by atoms with Gasteiger partial charge in [-0.05, 0) is 24.6 Å². The van der Waals surface area contributed by atoms with Gasteiger partial charge in [-0.2, -0.15) is 0 Å². The standard InChI is InChI=1S/C22H24FN5O3/c1-4-17-22(30)27(3)20-7-13(16(23)8-19(20)26-17)10-28-11-15(12-28)31-14-5-6-18(25-9-14)21(29)24-2/h5-9,15H,4,10-12H2,1-3H3,(H,24,29). The van der Waals surface area contributed by atoms with E-state index in [0.717, 1.165) is 0 Å². The maximum absolute atomic E-state index is 14.7. The lowest BCUT2D eigenvalue weighted by Crippen LogP contribution is -2.53. The van der Waals surface area contributed by atoms with E-state index in [0.29, 0.717) is 59.8 Å². The van der Waals surface area contributed by atoms with Gasteiger partial charge in [-0.15, -0.1) is 0 Å². The van der Waals surface area contributed by atoms with Crippen molar-refractivity contribution in [1.82, 2.24) is 24.8 Å². The van der Waals surface area contributed by atoms with Crippen LogP contribution in [0.1, 0.15) is 28.7 Å². The number of ether oxygens (including phenoxy) is 1. The molecule has 0 unspecified atom stereocenters. The van der Waals surface area contributed by atoms with Crippen molar-refractivity contribution in [3.8, 4) is 5.75 Å². The van der Waals surface area contributed by atoms with Crippen LogP contribution in [0.25, 0.3) is 11.0 Å². The van der Waals surface area contributed by atoms with Crippen LogP contribution in [0.5, 0.6) is 5.75 Å². The number of aryl methyl sites for hydroxylation is 2. The molecule has 0 bridgehead atoms. The Labute approximate surface area is 178 Å². The molecule has 2 aromatic heterocycles. The number of likely N-dealkylation sites (tertiary alicyclic amines) is 1. The molecular weight excluding hydrogens is 401 g/mol. The van der Waals surface area contributed by atoms with E-state index in [1.807, 2.05) is 6.92 Å². The number of rotatable bonds is 6. The molecule has 9 heteroatoms. The lowest BCUT2D eigenvalue weighted by Gasteiger charge is -2.39. The second-order valence-electron chi connectivity index (χ2n) is 7.60. The van der Waals surface area contributed by atoms with E-state index >= 15 is 0 Å². The number of halogens is 1. The minimum absolute atomic E-state index is 0.0331. The number of aromatic nitrogens is 3. The van der Waals surface area contributed by atoms with Gasteiger partial charge in [-0.1, -0.05) is 6.92 Å². The smallest absolute Gasteiger partial charge is 0.272 e. The summed E-state index contributed by atoms with van der Waals surface area (Å²) in [6.07, 6.45) is 1.99. The Morgan fingerprint density at radius 2 is 2.10 bits per heavy atom. The molecular formula is C22H24FN5O3. The minimum Gasteiger partial charge on any atom is -0.486 e. The molecule has 1 N–H and O–H groups in total. The number of pyridine rings is 1. The van der Waals surface area contributed by atoms with E-state index in [2.05, 4.69) is 20.2 Å². The second kappa shape index (κ2) is 8.43. The van der Waals surface area contributed by atoms with E-state index in [-0.39, 0.29) is 23.4 Å². The van der Waals surface area contributed by atoms with Crippen LogP contribution in [0.3, 0.4) is 0 Å². The van der Waals surface area contributed by atoms with E-state index in [1.54, 1.807) is 32.3 Å². The summed E-state index contributed by atoms with van der Waals surface area (Å²) in [6.45, 7) is 3.55. The summed E-state index contributed by atoms with van der Waals surface area (Å²) in [5, 5.41) is 2.52. The molecule has 1 aromatic carbocycles. The fraction of sp³-hybridized carbons (Fsp3) is 0.364. The quantitative estimate of drug-likeness (QED) is 0.646. The Kier molecular flexibility index (Phi) is 5.69. The predicted octanol–water partition coefficient (Wildman–Crippen LogP) is 1.65. The molecule has 162 valence electrons. The Morgan fingerprint density at radius 3 is 2.74 bits per heavy atom. The van der Waals surface area contributed by atoms with Crippen molar-refractivity contribution in [1.29, 1.82) is 0 Å². The van der Waals surface area contributed by atoms with Crippen LogP contribution in [0, 0.1) is 5.82 Å². The third-order valence-corrected chi connectivity index (χ3v) is 5.46. The van der Waals surface area contributed by atoms with Gasteiger partial charge in [-0.3, -0.25) is 14.5 Å². The number of hydrogen-bond acceptors (Lipinski definition) is 6. The topological polar surface area (TPSA) is 89.3 Å². The molecule has 0 radical (unpaired) electrons. The van der Waals surface area contributed by atoms with Crippen LogP contribution in [0.4, 0.5) is 4.39 Å². The third kappa shape index (κ3) is 4.13. The van der Waals surface area contributed by atoms with Crippen molar-refractivity contribution in [2.24, 2.45) is 7.05 Å². The monoisotopic (exact) mass is 425 g/mol. The summed E-state index contributed by atoms with van der Waals surface area (Å²) in [5.74, 6) is -0.00143. The first-order valence-corrected chi connectivity index (χ1v) is 10.1. The summed E-state index contributed by atoms with van der Waals surface area (Å²) in [5.41, 5.74) is 2.23. The van der Waals surface area contributed by atoms with Gasteiger partial charge in [0, 0.05) is 45.4 Å². The highest BCUT2D eigenvalue weighted by molar-refractivity contribution is 5.92. The number of hydrogen-bond donors (Lipinski definition) is 1. The Morgan fingerprint density at radius 1 is 1.32 bits per heavy atom. The summed E-state index contributed by atoms with van der Waals surface area (Å²) >= 11 is 0. The second-order valence-corrected chi connectivity index (χ2v) is 7.60. The highest BCUT2D eigenvalue weighted by atomic mass is 19.1. The van der Waals surface area contributed by atoms with Crippen molar-refractivity contribution in [2.45, 2.75) is 26.0 Å². The molecule has 8 nitrogen and oxygen atoms in total. The van der Waals surface area contributed by atoms with E-state index in [1.165, 1.54) is 16.8 Å². The fourth-order valence-corrected chi connectivity index (χ4v) is 3.67. The first-order valence-electron chi connectivity index (χ1n) is 10.1. The normalized spacial score (nSPS) is 14.5. The minimum atomic E-state index is -0.334. The average Bonchev–Trinajstić information content (AvgIpc) is 2.75. The number of carbonyl (C=O) groups excluding carboxylic acids is 1. The highest BCUT2D eigenvalue weighted by Gasteiger charge is 2.29. The molecule has 1 aliphatic heterocycles. The van der Waals surface area contributed by atoms with Gasteiger partial charge >= 0.3 is 0 Å². The molecule has 0 spiro atoms. The molecule has 1 aliphatic rings. The first kappa shape index (κ1) is 20.9. The molecule has 0 aliphatic carbocycles. The van der Waals surface area contributed by atoms with Crippen molar-refractivity contribution in [3.05, 3.63) is 63.6 Å². The zero-order chi connectivity index (χ0) is 22.1. The molecule has 1 fully saturated rings. The number of amides is 1. The van der Waals surface area contributed by atoms with E-state index < -0.39 is 0 Å². The first-order chi connectivity index (χ1) is 14.9. The zero-order valence-corrected chi connectivity index (χ0v) is 17.7. The van der Waals surface area contributed by atoms with Gasteiger partial charge in [0.2, 0.25) is 0 Å². The van der Waals surface area contributed by atoms with Crippen LogP contribution in [-0.2, 0) is 20.0 Å². The van der Waals surface area contributed by atoms with Crippen LogP contribution < -0.4 is 15.6 Å². The molecule has 0 saturated carbocycles. The molecule has 31 heavy (non-hydrogen) atoms. The molecule has 1 saturated heterocycles. The molecule has 0 atom stereocenters. The van der Waals surface area contributed by atoms with Crippen LogP contribution >= 0.6 is 0 Å². The number of nitrogens with zero attached hydrogens (tertiary/aromatic N) is 4. The van der Waals surface area contributed by atoms with Crippen molar-refractivity contribution < 1.29 is 13.9 Å². The van der Waals surface area contributed by atoms with Gasteiger partial charge in [0.25, 0.3) is 11.5 Å². The van der Waals surface area contributed by atoms with Crippen molar-refractivity contribution >= 4 is 16.9 Å². The summed E-state index contributed by atoms with van der Waals surface area (Å²) in [4.78, 5) is 34.3. The summed E-state index contributed by atoms with van der Waals surface area (Å²) in [7, 11) is 3.23. The SMILES string of the molecule is CCc1nc2cc(F)c(CN3CC(Oc4ccc(C(=O)NC)nc4)C3)cc2n(C)c1=O. The van der Waals surface area contributed by atoms with Crippen molar-refractivity contribution in [2.75, 3.05) is 20.1 Å². The number of benzene rings is 1. The van der Waals surface area contributed by atoms with Crippen LogP contribution in [-0.4, -0.2) is 51.6 Å². The van der Waals surface area contributed by atoms with E-state index in [9.17, 15) is 14.0 Å². The fourth-order valence-electron chi connectivity index (χ4n) is 3.67. The molecule has 4 rings (SSSR count). The molecule has 1 amide bonds. The highest BCUT2D eigenvalue weighted by Crippen LogP contribution is 2.23. The van der Waals surface area contributed by atoms with Crippen LogP contribution in [0.15, 0.2) is 35.3 Å². The number of fused-ring (bicyclic) bond motifs is 1. The van der Waals surface area contributed by atoms with E-state index in [4.69, 9.17) is 4.74 Å². The third-order valence-electron chi connectivity index (χ3n) is 5.46. The number of carbonyl (C=O) groups is 1. The van der Waals surface area contributed by atoms with Gasteiger partial charge in [-0.25, -0.2) is 14.4 Å². The Bertz CT molecular complexity index is 1190. The zero-order valence-electron chi connectivity index (χ0n) is 17.7. The van der Waals surface area contributed by atoms with Gasteiger partial charge in [0.15, 0.2) is 0 Å². The Balaban J connectivity index is 1.41.